The molecule has 1 aliphatic heterocycles. The monoisotopic (exact) mass is 278 g/mol. The number of hydrogen-bond donors (Lipinski definition) is 2. The predicted molar refractivity (Wildman–Crippen MR) is 77.8 cm³/mol. The second kappa shape index (κ2) is 6.72. The van der Waals surface area contributed by atoms with Crippen LogP contribution >= 0.6 is 0 Å². The van der Waals surface area contributed by atoms with E-state index in [0.717, 1.165) is 11.4 Å². The molecule has 1 amide bonds. The molecule has 0 radical (unpaired) electrons. The van der Waals surface area contributed by atoms with Crippen LogP contribution in [0.2, 0.25) is 0 Å². The van der Waals surface area contributed by atoms with E-state index in [4.69, 9.17) is 15.2 Å². The highest BCUT2D eigenvalue weighted by atomic mass is 16.5. The zero-order chi connectivity index (χ0) is 14.4. The van der Waals surface area contributed by atoms with Crippen LogP contribution in [0.4, 0.5) is 5.69 Å². The topological polar surface area (TPSA) is 73.6 Å². The lowest BCUT2D eigenvalue weighted by molar-refractivity contribution is -0.130. The molecule has 1 heterocycles. The number of ether oxygens (including phenoxy) is 2. The van der Waals surface area contributed by atoms with E-state index in [1.807, 2.05) is 31.2 Å². The third kappa shape index (κ3) is 3.29. The van der Waals surface area contributed by atoms with E-state index in [0.29, 0.717) is 39.2 Å². The van der Waals surface area contributed by atoms with Crippen molar-refractivity contribution in [3.63, 3.8) is 0 Å². The summed E-state index contributed by atoms with van der Waals surface area (Å²) >= 11 is 0. The lowest BCUT2D eigenvalue weighted by atomic mass is 9.79. The van der Waals surface area contributed by atoms with Gasteiger partial charge in [-0.25, -0.2) is 0 Å². The van der Waals surface area contributed by atoms with Gasteiger partial charge in [0.25, 0.3) is 0 Å². The molecule has 0 saturated carbocycles. The molecule has 5 nitrogen and oxygen atoms in total. The molecule has 0 unspecified atom stereocenters. The fourth-order valence-electron chi connectivity index (χ4n) is 2.35. The molecular weight excluding hydrogens is 256 g/mol. The Morgan fingerprint density at radius 1 is 1.35 bits per heavy atom. The summed E-state index contributed by atoms with van der Waals surface area (Å²) in [5.41, 5.74) is 6.08. The summed E-state index contributed by atoms with van der Waals surface area (Å²) in [6.07, 6.45) is 1.35. The van der Waals surface area contributed by atoms with E-state index in [9.17, 15) is 4.79 Å². The normalized spacial score (nSPS) is 17.5. The Labute approximate surface area is 119 Å². The molecule has 0 aromatic heterocycles. The number of anilines is 1. The molecule has 0 bridgehead atoms. The molecule has 110 valence electrons. The molecule has 5 heteroatoms. The number of hydrogen-bond acceptors (Lipinski definition) is 4. The minimum absolute atomic E-state index is 0.0209. The number of nitrogens with two attached hydrogens (primary N) is 1. The molecule has 0 atom stereocenters. The maximum absolute atomic E-state index is 12.5. The van der Waals surface area contributed by atoms with E-state index in [1.54, 1.807) is 0 Å². The molecule has 1 saturated heterocycles. The largest absolute Gasteiger partial charge is 0.494 e. The molecule has 1 aromatic carbocycles. The van der Waals surface area contributed by atoms with Crippen LogP contribution in [0.15, 0.2) is 24.3 Å². The average Bonchev–Trinajstić information content (AvgIpc) is 2.50. The van der Waals surface area contributed by atoms with E-state index in [-0.39, 0.29) is 5.91 Å². The van der Waals surface area contributed by atoms with Gasteiger partial charge in [-0.05, 0) is 44.0 Å². The van der Waals surface area contributed by atoms with Gasteiger partial charge in [-0.3, -0.25) is 4.79 Å². The molecular formula is C15H22N2O3. The number of amides is 1. The van der Waals surface area contributed by atoms with Crippen LogP contribution in [0.1, 0.15) is 19.8 Å². The average molecular weight is 278 g/mol. The second-order valence-electron chi connectivity index (χ2n) is 5.01. The number of carbonyl (C=O) groups is 1. The third-order valence-electron chi connectivity index (χ3n) is 3.75. The smallest absolute Gasteiger partial charge is 0.232 e. The standard InChI is InChI=1S/C15H22N2O3/c1-2-20-13-5-3-12(4-6-13)17-14(18)15(11-16)7-9-19-10-8-15/h3-6H,2,7-11,16H2,1H3,(H,17,18). The van der Waals surface area contributed by atoms with Crippen LogP contribution in [0.5, 0.6) is 5.75 Å². The van der Waals surface area contributed by atoms with Crippen LogP contribution in [0, 0.1) is 5.41 Å². The Morgan fingerprint density at radius 2 is 2.00 bits per heavy atom. The summed E-state index contributed by atoms with van der Waals surface area (Å²) in [6, 6.07) is 7.37. The highest BCUT2D eigenvalue weighted by Gasteiger charge is 2.38. The SMILES string of the molecule is CCOc1ccc(NC(=O)C2(CN)CCOCC2)cc1. The van der Waals surface area contributed by atoms with Crippen LogP contribution in [0.25, 0.3) is 0 Å². The van der Waals surface area contributed by atoms with E-state index in [1.165, 1.54) is 0 Å². The molecule has 0 spiro atoms. The number of benzene rings is 1. The van der Waals surface area contributed by atoms with Crippen LogP contribution < -0.4 is 15.8 Å². The van der Waals surface area contributed by atoms with Crippen LogP contribution in [-0.4, -0.2) is 32.3 Å². The summed E-state index contributed by atoms with van der Waals surface area (Å²) in [6.45, 7) is 4.09. The highest BCUT2D eigenvalue weighted by Crippen LogP contribution is 2.31. The van der Waals surface area contributed by atoms with Crippen molar-refractivity contribution in [3.8, 4) is 5.75 Å². The number of nitrogens with one attached hydrogen (secondary N) is 1. The van der Waals surface area contributed by atoms with Crippen molar-refractivity contribution >= 4 is 11.6 Å². The lowest BCUT2D eigenvalue weighted by Gasteiger charge is -2.34. The zero-order valence-electron chi connectivity index (χ0n) is 11.9. The van der Waals surface area contributed by atoms with E-state index < -0.39 is 5.41 Å². The molecule has 20 heavy (non-hydrogen) atoms. The Morgan fingerprint density at radius 3 is 2.55 bits per heavy atom. The van der Waals surface area contributed by atoms with Gasteiger partial charge >= 0.3 is 0 Å². The summed E-state index contributed by atoms with van der Waals surface area (Å²) in [7, 11) is 0. The van der Waals surface area contributed by atoms with Crippen molar-refractivity contribution in [2.75, 3.05) is 31.7 Å². The Hall–Kier alpha value is -1.59. The first-order chi connectivity index (χ1) is 9.70. The van der Waals surface area contributed by atoms with Crippen molar-refractivity contribution < 1.29 is 14.3 Å². The zero-order valence-corrected chi connectivity index (χ0v) is 11.9. The Kier molecular flexibility index (Phi) is 4.98. The van der Waals surface area contributed by atoms with Gasteiger partial charge in [0.1, 0.15) is 5.75 Å². The molecule has 1 aliphatic rings. The van der Waals surface area contributed by atoms with Gasteiger partial charge in [-0.2, -0.15) is 0 Å². The van der Waals surface area contributed by atoms with Gasteiger partial charge in [0.05, 0.1) is 12.0 Å². The molecule has 1 fully saturated rings. The first-order valence-electron chi connectivity index (χ1n) is 7.02. The summed E-state index contributed by atoms with van der Waals surface area (Å²) < 4.78 is 10.7. The highest BCUT2D eigenvalue weighted by molar-refractivity contribution is 5.95. The first kappa shape index (κ1) is 14.8. The van der Waals surface area contributed by atoms with Gasteiger partial charge < -0.3 is 20.5 Å². The summed E-state index contributed by atoms with van der Waals surface area (Å²) in [5.74, 6) is 0.776. The maximum atomic E-state index is 12.5. The minimum atomic E-state index is -0.503. The summed E-state index contributed by atoms with van der Waals surface area (Å²) in [5, 5.41) is 2.94. The Balaban J connectivity index is 2.02. The fourth-order valence-corrected chi connectivity index (χ4v) is 2.35. The van der Waals surface area contributed by atoms with Crippen molar-refractivity contribution in [1.29, 1.82) is 0 Å². The van der Waals surface area contributed by atoms with Gasteiger partial charge in [0, 0.05) is 25.4 Å². The van der Waals surface area contributed by atoms with Gasteiger partial charge in [-0.1, -0.05) is 0 Å². The second-order valence-corrected chi connectivity index (χ2v) is 5.01. The lowest BCUT2D eigenvalue weighted by Crippen LogP contribution is -2.46. The fraction of sp³-hybridized carbons (Fsp3) is 0.533. The molecule has 3 N–H and O–H groups in total. The molecule has 2 rings (SSSR count). The Bertz CT molecular complexity index is 439. The van der Waals surface area contributed by atoms with Crippen LogP contribution in [0.3, 0.4) is 0 Å². The third-order valence-corrected chi connectivity index (χ3v) is 3.75. The van der Waals surface area contributed by atoms with Crippen molar-refractivity contribution in [2.24, 2.45) is 11.1 Å². The number of rotatable bonds is 5. The van der Waals surface area contributed by atoms with Crippen molar-refractivity contribution in [3.05, 3.63) is 24.3 Å². The number of carbonyl (C=O) groups excluding carboxylic acids is 1. The minimum Gasteiger partial charge on any atom is -0.494 e. The quantitative estimate of drug-likeness (QED) is 0.861. The first-order valence-corrected chi connectivity index (χ1v) is 7.02. The van der Waals surface area contributed by atoms with Crippen LogP contribution in [-0.2, 0) is 9.53 Å². The maximum Gasteiger partial charge on any atom is 0.232 e. The van der Waals surface area contributed by atoms with Crippen molar-refractivity contribution in [2.45, 2.75) is 19.8 Å². The molecule has 1 aromatic rings. The van der Waals surface area contributed by atoms with E-state index in [2.05, 4.69) is 5.32 Å². The summed E-state index contributed by atoms with van der Waals surface area (Å²) in [4.78, 5) is 12.5. The van der Waals surface area contributed by atoms with Gasteiger partial charge in [0.15, 0.2) is 0 Å². The molecule has 0 aliphatic carbocycles. The van der Waals surface area contributed by atoms with Gasteiger partial charge in [0.2, 0.25) is 5.91 Å². The van der Waals surface area contributed by atoms with Crippen molar-refractivity contribution in [1.82, 2.24) is 0 Å². The van der Waals surface area contributed by atoms with E-state index >= 15 is 0 Å². The predicted octanol–water partition coefficient (Wildman–Crippen LogP) is 1.78. The van der Waals surface area contributed by atoms with Gasteiger partial charge in [-0.15, -0.1) is 0 Å².